The van der Waals surface area contributed by atoms with Gasteiger partial charge in [0.25, 0.3) is 0 Å². The van der Waals surface area contributed by atoms with E-state index in [2.05, 4.69) is 0 Å². The minimum absolute atomic E-state index is 0.0204. The van der Waals surface area contributed by atoms with Gasteiger partial charge in [0.05, 0.1) is 12.1 Å². The molecular formula is C21H23N3O3S. The second kappa shape index (κ2) is 9.34. The average molecular weight is 398 g/mol. The molecule has 0 saturated carbocycles. The number of allylic oxidation sites excluding steroid dienone is 3. The molecule has 146 valence electrons. The summed E-state index contributed by atoms with van der Waals surface area (Å²) in [5.41, 5.74) is 0.531. The molecule has 0 N–H and O–H groups in total. The Morgan fingerprint density at radius 2 is 1.86 bits per heavy atom. The lowest BCUT2D eigenvalue weighted by molar-refractivity contribution is 0.0325. The molecule has 1 heterocycles. The van der Waals surface area contributed by atoms with Gasteiger partial charge in [-0.25, -0.2) is 4.79 Å². The highest BCUT2D eigenvalue weighted by molar-refractivity contribution is 8.03. The number of carbonyl (C=O) groups is 1. The Labute approximate surface area is 170 Å². The Morgan fingerprint density at radius 3 is 2.39 bits per heavy atom. The van der Waals surface area contributed by atoms with Crippen molar-refractivity contribution in [1.29, 1.82) is 10.5 Å². The lowest BCUT2D eigenvalue weighted by Crippen LogP contribution is -2.38. The van der Waals surface area contributed by atoms with E-state index in [0.29, 0.717) is 28.5 Å². The largest absolute Gasteiger partial charge is 0.497 e. The molecule has 0 radical (unpaired) electrons. The van der Waals surface area contributed by atoms with Gasteiger partial charge in [0.2, 0.25) is 0 Å². The van der Waals surface area contributed by atoms with Crippen LogP contribution >= 0.6 is 11.8 Å². The summed E-state index contributed by atoms with van der Waals surface area (Å²) in [7, 11) is 1.57. The van der Waals surface area contributed by atoms with Gasteiger partial charge in [-0.15, -0.1) is 11.8 Å². The van der Waals surface area contributed by atoms with Crippen LogP contribution in [0.2, 0.25) is 0 Å². The van der Waals surface area contributed by atoms with Crippen LogP contribution < -0.4 is 4.74 Å². The molecule has 1 saturated heterocycles. The number of thioether (sulfide) groups is 1. The minimum Gasteiger partial charge on any atom is -0.497 e. The molecule has 1 amide bonds. The first-order chi connectivity index (χ1) is 13.3. The van der Waals surface area contributed by atoms with Crippen LogP contribution in [-0.4, -0.2) is 36.0 Å². The van der Waals surface area contributed by atoms with Crippen molar-refractivity contribution in [2.75, 3.05) is 19.4 Å². The van der Waals surface area contributed by atoms with Crippen LogP contribution in [0.4, 0.5) is 4.79 Å². The van der Waals surface area contributed by atoms with Gasteiger partial charge in [0.1, 0.15) is 29.1 Å². The molecule has 28 heavy (non-hydrogen) atoms. The highest BCUT2D eigenvalue weighted by Gasteiger charge is 2.27. The van der Waals surface area contributed by atoms with Crippen molar-refractivity contribution in [3.05, 3.63) is 46.5 Å². The number of benzene rings is 1. The van der Waals surface area contributed by atoms with Crippen LogP contribution in [0.1, 0.15) is 32.8 Å². The van der Waals surface area contributed by atoms with E-state index in [4.69, 9.17) is 9.47 Å². The Bertz CT molecular complexity index is 852. The van der Waals surface area contributed by atoms with Crippen molar-refractivity contribution in [3.8, 4) is 17.9 Å². The second-order valence-corrected chi connectivity index (χ2v) is 8.17. The number of hydrogen-bond donors (Lipinski definition) is 0. The SMILES string of the molecule is COc1ccc(C(/C=C2\SCCCN2C(=O)OC(C)(C)C)=C(C#N)C#N)cc1. The minimum atomic E-state index is -0.608. The molecule has 0 unspecified atom stereocenters. The number of nitrogens with zero attached hydrogens (tertiary/aromatic N) is 3. The van der Waals surface area contributed by atoms with E-state index in [0.717, 1.165) is 12.2 Å². The first kappa shape index (κ1) is 21.4. The van der Waals surface area contributed by atoms with E-state index >= 15 is 0 Å². The molecule has 1 fully saturated rings. The smallest absolute Gasteiger partial charge is 0.415 e. The number of nitriles is 2. The summed E-state index contributed by atoms with van der Waals surface area (Å²) >= 11 is 1.50. The highest BCUT2D eigenvalue weighted by atomic mass is 32.2. The van der Waals surface area contributed by atoms with Gasteiger partial charge in [-0.3, -0.25) is 4.90 Å². The lowest BCUT2D eigenvalue weighted by Gasteiger charge is -2.31. The number of ether oxygens (including phenoxy) is 2. The molecule has 2 rings (SSSR count). The molecular weight excluding hydrogens is 374 g/mol. The van der Waals surface area contributed by atoms with Gasteiger partial charge in [-0.05, 0) is 51.0 Å². The first-order valence-electron chi connectivity index (χ1n) is 8.83. The van der Waals surface area contributed by atoms with Crippen LogP contribution in [0.3, 0.4) is 0 Å². The maximum atomic E-state index is 12.6. The van der Waals surface area contributed by atoms with Crippen molar-refractivity contribution in [2.24, 2.45) is 0 Å². The Balaban J connectivity index is 2.48. The van der Waals surface area contributed by atoms with Gasteiger partial charge in [-0.2, -0.15) is 10.5 Å². The molecule has 1 aromatic carbocycles. The first-order valence-corrected chi connectivity index (χ1v) is 9.81. The van der Waals surface area contributed by atoms with E-state index in [-0.39, 0.29) is 5.57 Å². The van der Waals surface area contributed by atoms with Crippen LogP contribution in [0.25, 0.3) is 5.57 Å². The summed E-state index contributed by atoms with van der Waals surface area (Å²) in [4.78, 5) is 14.2. The number of methoxy groups -OCH3 is 1. The van der Waals surface area contributed by atoms with Crippen molar-refractivity contribution in [3.63, 3.8) is 0 Å². The molecule has 0 aromatic heterocycles. The quantitative estimate of drug-likeness (QED) is 0.687. The third-order valence-corrected chi connectivity index (χ3v) is 4.94. The number of amides is 1. The Hall–Kier alpha value is -2.90. The Kier molecular flexibility index (Phi) is 7.14. The van der Waals surface area contributed by atoms with Crippen molar-refractivity contribution < 1.29 is 14.3 Å². The summed E-state index contributed by atoms with van der Waals surface area (Å²) < 4.78 is 10.7. The predicted molar refractivity (Wildman–Crippen MR) is 109 cm³/mol. The van der Waals surface area contributed by atoms with E-state index < -0.39 is 11.7 Å². The van der Waals surface area contributed by atoms with Crippen molar-refractivity contribution in [2.45, 2.75) is 32.8 Å². The third kappa shape index (κ3) is 5.55. The molecule has 0 bridgehead atoms. The topological polar surface area (TPSA) is 86.3 Å². The average Bonchev–Trinajstić information content (AvgIpc) is 2.67. The zero-order valence-corrected chi connectivity index (χ0v) is 17.3. The van der Waals surface area contributed by atoms with Crippen LogP contribution in [0.15, 0.2) is 40.9 Å². The van der Waals surface area contributed by atoms with Gasteiger partial charge in [-0.1, -0.05) is 12.1 Å². The van der Waals surface area contributed by atoms with Crippen molar-refractivity contribution in [1.82, 2.24) is 4.90 Å². The molecule has 0 aliphatic carbocycles. The monoisotopic (exact) mass is 397 g/mol. The summed E-state index contributed by atoms with van der Waals surface area (Å²) in [5.74, 6) is 1.52. The molecule has 0 atom stereocenters. The van der Waals surface area contributed by atoms with Crippen LogP contribution in [0.5, 0.6) is 5.75 Å². The van der Waals surface area contributed by atoms with Crippen molar-refractivity contribution >= 4 is 23.4 Å². The maximum Gasteiger partial charge on any atom is 0.415 e. The molecule has 6 nitrogen and oxygen atoms in total. The lowest BCUT2D eigenvalue weighted by atomic mass is 10.0. The summed E-state index contributed by atoms with van der Waals surface area (Å²) in [5, 5.41) is 19.5. The molecule has 7 heteroatoms. The zero-order chi connectivity index (χ0) is 20.7. The fraction of sp³-hybridized carbons (Fsp3) is 0.381. The zero-order valence-electron chi connectivity index (χ0n) is 16.5. The summed E-state index contributed by atoms with van der Waals surface area (Å²) in [6, 6.07) is 11.0. The van der Waals surface area contributed by atoms with E-state index in [1.54, 1.807) is 42.4 Å². The highest BCUT2D eigenvalue weighted by Crippen LogP contribution is 2.33. The number of rotatable bonds is 3. The Morgan fingerprint density at radius 1 is 1.21 bits per heavy atom. The normalized spacial score (nSPS) is 15.4. The summed E-state index contributed by atoms with van der Waals surface area (Å²) in [6.45, 7) is 5.98. The molecule has 1 aliphatic heterocycles. The van der Waals surface area contributed by atoms with Crippen LogP contribution in [0, 0.1) is 22.7 Å². The van der Waals surface area contributed by atoms with Gasteiger partial charge < -0.3 is 9.47 Å². The summed E-state index contributed by atoms with van der Waals surface area (Å²) in [6.07, 6.45) is 2.12. The third-order valence-electron chi connectivity index (χ3n) is 3.82. The molecule has 1 aliphatic rings. The van der Waals surface area contributed by atoms with E-state index in [1.165, 1.54) is 11.8 Å². The van der Waals surface area contributed by atoms with Crippen LogP contribution in [-0.2, 0) is 4.74 Å². The van der Waals surface area contributed by atoms with Gasteiger partial charge in [0, 0.05) is 17.9 Å². The fourth-order valence-corrected chi connectivity index (χ4v) is 3.55. The maximum absolute atomic E-state index is 12.6. The number of carbonyl (C=O) groups excluding carboxylic acids is 1. The fourth-order valence-electron chi connectivity index (χ4n) is 2.54. The van der Waals surface area contributed by atoms with Gasteiger partial charge >= 0.3 is 6.09 Å². The molecule has 0 spiro atoms. The van der Waals surface area contributed by atoms with Gasteiger partial charge in [0.15, 0.2) is 0 Å². The van der Waals surface area contributed by atoms with E-state index in [1.807, 2.05) is 32.9 Å². The van der Waals surface area contributed by atoms with E-state index in [9.17, 15) is 15.3 Å². The molecule has 1 aromatic rings. The second-order valence-electron chi connectivity index (χ2n) is 7.06. The predicted octanol–water partition coefficient (Wildman–Crippen LogP) is 4.71. The standard InChI is InChI=1S/C21H23N3O3S/c1-21(2,3)27-20(25)24-10-5-11-28-19(24)12-18(16(13-22)14-23)15-6-8-17(26-4)9-7-15/h6-9,12H,5,10-11H2,1-4H3/b19-12-. The number of hydrogen-bond acceptors (Lipinski definition) is 6.